The summed E-state index contributed by atoms with van der Waals surface area (Å²) in [5.74, 6) is 0.828. The maximum absolute atomic E-state index is 12.3. The van der Waals surface area contributed by atoms with Gasteiger partial charge in [-0.1, -0.05) is 19.3 Å². The van der Waals surface area contributed by atoms with Gasteiger partial charge in [-0.2, -0.15) is 0 Å². The van der Waals surface area contributed by atoms with E-state index in [4.69, 9.17) is 9.47 Å². The Morgan fingerprint density at radius 3 is 2.62 bits per heavy atom. The van der Waals surface area contributed by atoms with Gasteiger partial charge in [0.15, 0.2) is 5.96 Å². The Hall–Kier alpha value is -1.34. The van der Waals surface area contributed by atoms with Crippen molar-refractivity contribution in [1.82, 2.24) is 15.5 Å². The Morgan fingerprint density at radius 2 is 1.88 bits per heavy atom. The third kappa shape index (κ3) is 5.58. The van der Waals surface area contributed by atoms with E-state index in [-0.39, 0.29) is 24.7 Å². The topological polar surface area (TPSA) is 75.2 Å². The first kappa shape index (κ1) is 19.4. The molecule has 0 bridgehead atoms. The zero-order chi connectivity index (χ0) is 18.2. The molecule has 3 fully saturated rings. The molecule has 2 atom stereocenters. The van der Waals surface area contributed by atoms with E-state index in [2.05, 4.69) is 27.4 Å². The van der Waals surface area contributed by atoms with Gasteiger partial charge in [0.2, 0.25) is 5.91 Å². The van der Waals surface area contributed by atoms with Crippen molar-refractivity contribution in [3.8, 4) is 0 Å². The molecule has 1 saturated carbocycles. The molecule has 2 heterocycles. The zero-order valence-corrected chi connectivity index (χ0v) is 16.0. The Morgan fingerprint density at radius 1 is 1.08 bits per heavy atom. The second-order valence-electron chi connectivity index (χ2n) is 7.48. The Bertz CT molecular complexity index is 473. The first-order chi connectivity index (χ1) is 12.8. The van der Waals surface area contributed by atoms with E-state index in [1.807, 2.05) is 0 Å². The van der Waals surface area contributed by atoms with Crippen LogP contribution in [0.1, 0.15) is 51.9 Å². The normalized spacial score (nSPS) is 28.2. The van der Waals surface area contributed by atoms with E-state index in [1.165, 1.54) is 19.3 Å². The molecule has 2 N–H and O–H groups in total. The molecule has 7 nitrogen and oxygen atoms in total. The number of guanidine groups is 1. The van der Waals surface area contributed by atoms with Gasteiger partial charge in [-0.05, 0) is 32.6 Å². The maximum Gasteiger partial charge on any atom is 0.242 e. The predicted molar refractivity (Wildman–Crippen MR) is 101 cm³/mol. The van der Waals surface area contributed by atoms with E-state index in [0.717, 1.165) is 57.9 Å². The lowest BCUT2D eigenvalue weighted by Gasteiger charge is -2.37. The molecule has 1 aliphatic carbocycles. The number of nitrogens with zero attached hydrogens (tertiary/aromatic N) is 2. The van der Waals surface area contributed by atoms with Gasteiger partial charge in [0, 0.05) is 32.3 Å². The number of hydrogen-bond donors (Lipinski definition) is 2. The largest absolute Gasteiger partial charge is 0.375 e. The summed E-state index contributed by atoms with van der Waals surface area (Å²) < 4.78 is 11.7. The fourth-order valence-corrected chi connectivity index (χ4v) is 4.08. The summed E-state index contributed by atoms with van der Waals surface area (Å²) in [4.78, 5) is 19.1. The van der Waals surface area contributed by atoms with Crippen LogP contribution in [0.4, 0.5) is 0 Å². The van der Waals surface area contributed by atoms with Crippen LogP contribution in [0.15, 0.2) is 4.99 Å². The molecule has 148 valence electrons. The van der Waals surface area contributed by atoms with Crippen molar-refractivity contribution >= 4 is 11.9 Å². The summed E-state index contributed by atoms with van der Waals surface area (Å²) in [6, 6.07) is 0.335. The van der Waals surface area contributed by atoms with Crippen LogP contribution in [0.25, 0.3) is 0 Å². The van der Waals surface area contributed by atoms with Gasteiger partial charge < -0.3 is 25.0 Å². The van der Waals surface area contributed by atoms with Crippen LogP contribution < -0.4 is 10.6 Å². The van der Waals surface area contributed by atoms with Crippen molar-refractivity contribution in [2.45, 2.75) is 70.1 Å². The molecule has 2 unspecified atom stereocenters. The van der Waals surface area contributed by atoms with Crippen molar-refractivity contribution in [2.75, 3.05) is 39.4 Å². The molecule has 0 aromatic rings. The number of amides is 1. The Balaban J connectivity index is 1.52. The second-order valence-corrected chi connectivity index (χ2v) is 7.48. The van der Waals surface area contributed by atoms with E-state index < -0.39 is 0 Å². The molecule has 0 radical (unpaired) electrons. The van der Waals surface area contributed by atoms with E-state index >= 15 is 0 Å². The lowest BCUT2D eigenvalue weighted by atomic mass is 9.95. The average molecular weight is 367 g/mol. The maximum atomic E-state index is 12.3. The second kappa shape index (κ2) is 10.1. The standard InChI is InChI=1S/C19H34N4O3/c1-2-20-19(21-13-18(24)22-15-7-4-3-5-8-15)23-10-12-26-17(14-23)16-9-6-11-25-16/h15-17H,2-14H2,1H3,(H,20,21)(H,22,24). The first-order valence-corrected chi connectivity index (χ1v) is 10.3. The van der Waals surface area contributed by atoms with Gasteiger partial charge in [0.1, 0.15) is 12.6 Å². The van der Waals surface area contributed by atoms with Crippen molar-refractivity contribution in [2.24, 2.45) is 4.99 Å². The van der Waals surface area contributed by atoms with Gasteiger partial charge in [-0.3, -0.25) is 4.79 Å². The number of morpholine rings is 1. The summed E-state index contributed by atoms with van der Waals surface area (Å²) >= 11 is 0. The average Bonchev–Trinajstić information content (AvgIpc) is 3.21. The molecule has 0 spiro atoms. The molecule has 2 saturated heterocycles. The highest BCUT2D eigenvalue weighted by molar-refractivity contribution is 5.85. The van der Waals surface area contributed by atoms with Crippen LogP contribution in [-0.2, 0) is 14.3 Å². The highest BCUT2D eigenvalue weighted by Gasteiger charge is 2.32. The summed E-state index contributed by atoms with van der Waals surface area (Å²) in [5, 5.41) is 6.46. The SMILES string of the molecule is CCNC(=NCC(=O)NC1CCCCC1)N1CCOC(C2CCCO2)C1. The Kier molecular flexibility index (Phi) is 7.55. The fourth-order valence-electron chi connectivity index (χ4n) is 4.08. The molecule has 3 aliphatic rings. The molecule has 1 amide bonds. The lowest BCUT2D eigenvalue weighted by molar-refractivity contribution is -0.120. The molecule has 26 heavy (non-hydrogen) atoms. The smallest absolute Gasteiger partial charge is 0.242 e. The summed E-state index contributed by atoms with van der Waals surface area (Å²) in [5.41, 5.74) is 0. The molecular formula is C19H34N4O3. The number of carbonyl (C=O) groups excluding carboxylic acids is 1. The fraction of sp³-hybridized carbons (Fsp3) is 0.895. The monoisotopic (exact) mass is 366 g/mol. The molecule has 7 heteroatoms. The summed E-state index contributed by atoms with van der Waals surface area (Å²) in [6.07, 6.45) is 8.38. The third-order valence-electron chi connectivity index (χ3n) is 5.45. The molecule has 0 aromatic heterocycles. The number of aliphatic imine (C=N–C) groups is 1. The van der Waals surface area contributed by atoms with Gasteiger partial charge in [0.25, 0.3) is 0 Å². The zero-order valence-electron chi connectivity index (χ0n) is 16.0. The van der Waals surface area contributed by atoms with E-state index in [1.54, 1.807) is 0 Å². The van der Waals surface area contributed by atoms with E-state index in [9.17, 15) is 4.79 Å². The van der Waals surface area contributed by atoms with Crippen LogP contribution in [-0.4, -0.2) is 74.4 Å². The summed E-state index contributed by atoms with van der Waals surface area (Å²) in [6.45, 7) is 6.07. The van der Waals surface area contributed by atoms with Gasteiger partial charge >= 0.3 is 0 Å². The lowest BCUT2D eigenvalue weighted by Crippen LogP contribution is -2.53. The minimum atomic E-state index is 0.0243. The third-order valence-corrected chi connectivity index (χ3v) is 5.45. The van der Waals surface area contributed by atoms with Crippen molar-refractivity contribution in [3.05, 3.63) is 0 Å². The number of rotatable bonds is 5. The van der Waals surface area contributed by atoms with E-state index in [0.29, 0.717) is 12.6 Å². The van der Waals surface area contributed by atoms with Crippen LogP contribution in [0.3, 0.4) is 0 Å². The predicted octanol–water partition coefficient (Wildman–Crippen LogP) is 1.28. The molecule has 0 aromatic carbocycles. The minimum absolute atomic E-state index is 0.0243. The van der Waals surface area contributed by atoms with Crippen LogP contribution >= 0.6 is 0 Å². The first-order valence-electron chi connectivity index (χ1n) is 10.3. The van der Waals surface area contributed by atoms with Crippen LogP contribution in [0.5, 0.6) is 0 Å². The molecular weight excluding hydrogens is 332 g/mol. The van der Waals surface area contributed by atoms with Gasteiger partial charge in [-0.15, -0.1) is 0 Å². The Labute approximate surface area is 156 Å². The molecule has 3 rings (SSSR count). The van der Waals surface area contributed by atoms with Gasteiger partial charge in [0.05, 0.1) is 12.7 Å². The van der Waals surface area contributed by atoms with Crippen LogP contribution in [0, 0.1) is 0 Å². The number of hydrogen-bond acceptors (Lipinski definition) is 4. The molecule has 2 aliphatic heterocycles. The highest BCUT2D eigenvalue weighted by atomic mass is 16.5. The van der Waals surface area contributed by atoms with Crippen molar-refractivity contribution < 1.29 is 14.3 Å². The number of nitrogens with one attached hydrogen (secondary N) is 2. The highest BCUT2D eigenvalue weighted by Crippen LogP contribution is 2.21. The van der Waals surface area contributed by atoms with Crippen molar-refractivity contribution in [1.29, 1.82) is 0 Å². The van der Waals surface area contributed by atoms with Crippen LogP contribution in [0.2, 0.25) is 0 Å². The summed E-state index contributed by atoms with van der Waals surface area (Å²) in [7, 11) is 0. The quantitative estimate of drug-likeness (QED) is 0.566. The number of ether oxygens (including phenoxy) is 2. The van der Waals surface area contributed by atoms with Crippen molar-refractivity contribution in [3.63, 3.8) is 0 Å². The number of carbonyl (C=O) groups is 1. The van der Waals surface area contributed by atoms with Gasteiger partial charge in [-0.25, -0.2) is 4.99 Å². The minimum Gasteiger partial charge on any atom is -0.375 e.